The molecule has 0 unspecified atom stereocenters. The van der Waals surface area contributed by atoms with E-state index in [1.165, 1.54) is 0 Å². The highest BCUT2D eigenvalue weighted by Crippen LogP contribution is 2.62. The van der Waals surface area contributed by atoms with Crippen molar-refractivity contribution in [2.45, 2.75) is 59.0 Å². The Hall–Kier alpha value is -1.55. The Bertz CT molecular complexity index is 632. The smallest absolute Gasteiger partial charge is 0.316 e. The fourth-order valence-corrected chi connectivity index (χ4v) is 5.35. The highest BCUT2D eigenvalue weighted by molar-refractivity contribution is 5.80. The SMILES string of the molecule is CC1=CCC[C@H]2[C@](C)(CCc3ccoc3)[C@@H](C)C[C@@H](O)[C@]12C(=O)O. The van der Waals surface area contributed by atoms with Crippen LogP contribution in [0.2, 0.25) is 0 Å². The average Bonchev–Trinajstić information content (AvgIpc) is 3.04. The average molecular weight is 332 g/mol. The molecule has 1 aromatic rings. The Balaban J connectivity index is 1.99. The maximum absolute atomic E-state index is 12.3. The van der Waals surface area contributed by atoms with Crippen LogP contribution in [0.15, 0.2) is 34.7 Å². The number of carboxylic acids is 1. The van der Waals surface area contributed by atoms with Gasteiger partial charge >= 0.3 is 5.97 Å². The lowest BCUT2D eigenvalue weighted by Gasteiger charge is -2.59. The molecule has 0 amide bonds. The van der Waals surface area contributed by atoms with Gasteiger partial charge < -0.3 is 14.6 Å². The third-order valence-electron chi connectivity index (χ3n) is 7.02. The molecule has 0 spiro atoms. The van der Waals surface area contributed by atoms with Crippen molar-refractivity contribution in [3.05, 3.63) is 35.8 Å². The van der Waals surface area contributed by atoms with Crippen molar-refractivity contribution in [1.82, 2.24) is 0 Å². The van der Waals surface area contributed by atoms with Gasteiger partial charge in [0.15, 0.2) is 0 Å². The van der Waals surface area contributed by atoms with Gasteiger partial charge in [0.1, 0.15) is 5.41 Å². The first kappa shape index (κ1) is 17.3. The number of hydrogen-bond acceptors (Lipinski definition) is 3. The molecule has 132 valence electrons. The van der Waals surface area contributed by atoms with E-state index in [9.17, 15) is 15.0 Å². The summed E-state index contributed by atoms with van der Waals surface area (Å²) in [6.45, 7) is 6.28. The second kappa shape index (κ2) is 6.07. The Morgan fingerprint density at radius 2 is 2.21 bits per heavy atom. The van der Waals surface area contributed by atoms with Crippen LogP contribution in [0.5, 0.6) is 0 Å². The number of allylic oxidation sites excluding steroid dienone is 1. The monoisotopic (exact) mass is 332 g/mol. The van der Waals surface area contributed by atoms with Crippen LogP contribution in [-0.4, -0.2) is 22.3 Å². The van der Waals surface area contributed by atoms with Gasteiger partial charge in [-0.25, -0.2) is 0 Å². The highest BCUT2D eigenvalue weighted by atomic mass is 16.4. The van der Waals surface area contributed by atoms with E-state index in [4.69, 9.17) is 4.42 Å². The third-order valence-corrected chi connectivity index (χ3v) is 7.02. The van der Waals surface area contributed by atoms with E-state index in [1.54, 1.807) is 12.5 Å². The van der Waals surface area contributed by atoms with Gasteiger partial charge in [0.05, 0.1) is 18.6 Å². The highest BCUT2D eigenvalue weighted by Gasteiger charge is 2.63. The Morgan fingerprint density at radius 3 is 2.83 bits per heavy atom. The first-order chi connectivity index (χ1) is 11.3. The summed E-state index contributed by atoms with van der Waals surface area (Å²) in [5, 5.41) is 20.9. The zero-order valence-corrected chi connectivity index (χ0v) is 14.8. The van der Waals surface area contributed by atoms with E-state index in [1.807, 2.05) is 19.1 Å². The first-order valence-electron chi connectivity index (χ1n) is 8.93. The van der Waals surface area contributed by atoms with Crippen molar-refractivity contribution in [3.8, 4) is 0 Å². The second-order valence-corrected chi connectivity index (χ2v) is 7.98. The minimum atomic E-state index is -1.13. The normalized spacial score (nSPS) is 39.2. The molecule has 1 heterocycles. The van der Waals surface area contributed by atoms with Gasteiger partial charge in [-0.2, -0.15) is 0 Å². The Morgan fingerprint density at radius 1 is 1.46 bits per heavy atom. The van der Waals surface area contributed by atoms with Crippen molar-refractivity contribution in [1.29, 1.82) is 0 Å². The number of aryl methyl sites for hydroxylation is 1. The molecule has 0 aromatic carbocycles. The second-order valence-electron chi connectivity index (χ2n) is 7.98. The topological polar surface area (TPSA) is 70.7 Å². The quantitative estimate of drug-likeness (QED) is 0.816. The summed E-state index contributed by atoms with van der Waals surface area (Å²) in [4.78, 5) is 12.3. The molecule has 1 aromatic heterocycles. The van der Waals surface area contributed by atoms with Crippen LogP contribution < -0.4 is 0 Å². The molecule has 5 atom stereocenters. The lowest BCUT2D eigenvalue weighted by atomic mass is 9.45. The molecule has 4 nitrogen and oxygen atoms in total. The third kappa shape index (κ3) is 2.34. The zero-order valence-electron chi connectivity index (χ0n) is 14.8. The Labute approximate surface area is 143 Å². The van der Waals surface area contributed by atoms with E-state index in [2.05, 4.69) is 13.8 Å². The molecular weight excluding hydrogens is 304 g/mol. The summed E-state index contributed by atoms with van der Waals surface area (Å²) in [7, 11) is 0. The van der Waals surface area contributed by atoms with E-state index in [0.717, 1.165) is 36.8 Å². The fraction of sp³-hybridized carbons (Fsp3) is 0.650. The molecule has 1 fully saturated rings. The molecule has 2 aliphatic rings. The predicted octanol–water partition coefficient (Wildman–Crippen LogP) is 4.05. The van der Waals surface area contributed by atoms with Crippen molar-refractivity contribution >= 4 is 5.97 Å². The molecule has 0 aliphatic heterocycles. The molecule has 2 aliphatic carbocycles. The summed E-state index contributed by atoms with van der Waals surface area (Å²) < 4.78 is 5.17. The standard InChI is InChI=1S/C20H28O4/c1-13-5-4-6-16-19(3,9-7-15-8-10-24-12-15)14(2)11-17(21)20(13,16)18(22)23/h5,8,10,12,14,16-17,21H,4,6-7,9,11H2,1-3H3,(H,22,23)/t14-,16-,17+,19+,20-/m0/s1. The number of aliphatic carboxylic acids is 1. The fourth-order valence-electron chi connectivity index (χ4n) is 5.35. The number of carboxylic acid groups (broad SMARTS) is 1. The number of furan rings is 1. The van der Waals surface area contributed by atoms with E-state index in [0.29, 0.717) is 6.42 Å². The van der Waals surface area contributed by atoms with Crippen molar-refractivity contribution in [2.75, 3.05) is 0 Å². The number of rotatable bonds is 4. The van der Waals surface area contributed by atoms with Gasteiger partial charge in [0, 0.05) is 0 Å². The summed E-state index contributed by atoms with van der Waals surface area (Å²) in [6, 6.07) is 1.97. The summed E-state index contributed by atoms with van der Waals surface area (Å²) in [6.07, 6.45) is 8.70. The van der Waals surface area contributed by atoms with Crippen LogP contribution in [0.25, 0.3) is 0 Å². The number of fused-ring (bicyclic) bond motifs is 1. The molecule has 4 heteroatoms. The number of aliphatic hydroxyl groups excluding tert-OH is 1. The maximum atomic E-state index is 12.3. The van der Waals surface area contributed by atoms with Gasteiger partial charge in [0.25, 0.3) is 0 Å². The summed E-state index contributed by atoms with van der Waals surface area (Å²) >= 11 is 0. The van der Waals surface area contributed by atoms with Gasteiger partial charge in [-0.05, 0) is 67.9 Å². The van der Waals surface area contributed by atoms with E-state index < -0.39 is 17.5 Å². The van der Waals surface area contributed by atoms with Crippen LogP contribution in [0.1, 0.15) is 52.0 Å². The number of aliphatic hydroxyl groups is 1. The lowest BCUT2D eigenvalue weighted by molar-refractivity contribution is -0.181. The molecule has 24 heavy (non-hydrogen) atoms. The van der Waals surface area contributed by atoms with Gasteiger partial charge in [0.2, 0.25) is 0 Å². The number of carbonyl (C=O) groups is 1. The molecule has 0 radical (unpaired) electrons. The summed E-state index contributed by atoms with van der Waals surface area (Å²) in [5.74, 6) is -0.629. The van der Waals surface area contributed by atoms with Gasteiger partial charge in [-0.15, -0.1) is 0 Å². The zero-order chi connectivity index (χ0) is 17.5. The molecule has 0 bridgehead atoms. The molecule has 0 saturated heterocycles. The van der Waals surface area contributed by atoms with Crippen LogP contribution in [0, 0.1) is 22.7 Å². The largest absolute Gasteiger partial charge is 0.481 e. The molecule has 3 rings (SSSR count). The lowest BCUT2D eigenvalue weighted by Crippen LogP contribution is -2.61. The van der Waals surface area contributed by atoms with Crippen LogP contribution >= 0.6 is 0 Å². The molecular formula is C20H28O4. The van der Waals surface area contributed by atoms with Gasteiger partial charge in [-0.3, -0.25) is 4.79 Å². The minimum absolute atomic E-state index is 0.0434. The van der Waals surface area contributed by atoms with E-state index in [-0.39, 0.29) is 17.3 Å². The van der Waals surface area contributed by atoms with Crippen molar-refractivity contribution in [2.24, 2.45) is 22.7 Å². The maximum Gasteiger partial charge on any atom is 0.316 e. The Kier molecular flexibility index (Phi) is 4.37. The van der Waals surface area contributed by atoms with Crippen LogP contribution in [0.4, 0.5) is 0 Å². The predicted molar refractivity (Wildman–Crippen MR) is 91.5 cm³/mol. The van der Waals surface area contributed by atoms with Crippen molar-refractivity contribution in [3.63, 3.8) is 0 Å². The van der Waals surface area contributed by atoms with E-state index >= 15 is 0 Å². The van der Waals surface area contributed by atoms with Crippen LogP contribution in [-0.2, 0) is 11.2 Å². The first-order valence-corrected chi connectivity index (χ1v) is 8.93. The van der Waals surface area contributed by atoms with Crippen molar-refractivity contribution < 1.29 is 19.4 Å². The van der Waals surface area contributed by atoms with Crippen LogP contribution in [0.3, 0.4) is 0 Å². The molecule has 1 saturated carbocycles. The summed E-state index contributed by atoms with van der Waals surface area (Å²) in [5.41, 5.74) is 0.735. The number of hydrogen-bond donors (Lipinski definition) is 2. The van der Waals surface area contributed by atoms with Gasteiger partial charge in [-0.1, -0.05) is 25.5 Å². The molecule has 2 N–H and O–H groups in total. The minimum Gasteiger partial charge on any atom is -0.481 e.